The molecule has 0 saturated heterocycles. The lowest BCUT2D eigenvalue weighted by Crippen LogP contribution is -2.33. The lowest BCUT2D eigenvalue weighted by atomic mass is 10.00. The van der Waals surface area contributed by atoms with Crippen LogP contribution in [0.15, 0.2) is 65.3 Å². The third kappa shape index (κ3) is 4.10. The largest absolute Gasteiger partial charge is 0.497 e. The Morgan fingerprint density at radius 1 is 1.14 bits per heavy atom. The van der Waals surface area contributed by atoms with Crippen molar-refractivity contribution in [3.63, 3.8) is 0 Å². The molecular formula is C23H26N2O3. The summed E-state index contributed by atoms with van der Waals surface area (Å²) in [5.74, 6) is 1.37. The molecule has 0 bridgehead atoms. The van der Waals surface area contributed by atoms with Crippen LogP contribution in [0.2, 0.25) is 0 Å². The van der Waals surface area contributed by atoms with Crippen molar-refractivity contribution in [1.82, 2.24) is 4.90 Å². The number of hydrogen-bond donors (Lipinski definition) is 1. The molecule has 0 radical (unpaired) electrons. The van der Waals surface area contributed by atoms with Crippen molar-refractivity contribution in [3.05, 3.63) is 77.7 Å². The minimum Gasteiger partial charge on any atom is -0.497 e. The predicted octanol–water partition coefficient (Wildman–Crippen LogP) is 4.64. The lowest BCUT2D eigenvalue weighted by Gasteiger charge is -2.28. The first-order valence-corrected chi connectivity index (χ1v) is 9.40. The number of nitrogens with two attached hydrogens (primary N) is 1. The first-order valence-electron chi connectivity index (χ1n) is 9.40. The van der Waals surface area contributed by atoms with Crippen molar-refractivity contribution in [2.24, 2.45) is 5.73 Å². The summed E-state index contributed by atoms with van der Waals surface area (Å²) < 4.78 is 10.6. The van der Waals surface area contributed by atoms with E-state index in [-0.39, 0.29) is 18.5 Å². The van der Waals surface area contributed by atoms with E-state index in [1.165, 1.54) is 6.26 Å². The van der Waals surface area contributed by atoms with Gasteiger partial charge in [0.15, 0.2) is 0 Å². The number of rotatable bonds is 7. The highest BCUT2D eigenvalue weighted by molar-refractivity contribution is 5.94. The molecule has 1 unspecified atom stereocenters. The molecule has 0 aliphatic heterocycles. The van der Waals surface area contributed by atoms with Gasteiger partial charge >= 0.3 is 0 Å². The Morgan fingerprint density at radius 3 is 2.50 bits per heavy atom. The second kappa shape index (κ2) is 8.76. The summed E-state index contributed by atoms with van der Waals surface area (Å²) in [6.07, 6.45) is 1.48. The van der Waals surface area contributed by atoms with E-state index in [0.717, 1.165) is 22.4 Å². The molecule has 1 aromatic heterocycles. The molecule has 0 aliphatic rings. The highest BCUT2D eigenvalue weighted by Crippen LogP contribution is 2.28. The highest BCUT2D eigenvalue weighted by atomic mass is 16.5. The SMILES string of the molecule is CCN(C(=O)c1coc(CN)c1)C(C)c1ccc(-c2cccc(OC)c2)cc1. The maximum Gasteiger partial charge on any atom is 0.257 e. The van der Waals surface area contributed by atoms with Gasteiger partial charge in [-0.25, -0.2) is 0 Å². The first kappa shape index (κ1) is 19.7. The molecule has 3 rings (SSSR count). The van der Waals surface area contributed by atoms with Gasteiger partial charge in [0.2, 0.25) is 0 Å². The average molecular weight is 378 g/mol. The van der Waals surface area contributed by atoms with Crippen LogP contribution in [0.25, 0.3) is 11.1 Å². The molecular weight excluding hydrogens is 352 g/mol. The van der Waals surface area contributed by atoms with Crippen LogP contribution >= 0.6 is 0 Å². The molecule has 5 nitrogen and oxygen atoms in total. The summed E-state index contributed by atoms with van der Waals surface area (Å²) in [4.78, 5) is 14.7. The molecule has 1 amide bonds. The van der Waals surface area contributed by atoms with Crippen molar-refractivity contribution in [2.75, 3.05) is 13.7 Å². The summed E-state index contributed by atoms with van der Waals surface area (Å²) in [5.41, 5.74) is 9.38. The van der Waals surface area contributed by atoms with Gasteiger partial charge in [-0.1, -0.05) is 36.4 Å². The Morgan fingerprint density at radius 2 is 1.89 bits per heavy atom. The number of carbonyl (C=O) groups excluding carboxylic acids is 1. The third-order valence-corrected chi connectivity index (χ3v) is 4.97. The van der Waals surface area contributed by atoms with E-state index in [1.807, 2.05) is 36.9 Å². The van der Waals surface area contributed by atoms with E-state index >= 15 is 0 Å². The van der Waals surface area contributed by atoms with Gasteiger partial charge in [-0.2, -0.15) is 0 Å². The van der Waals surface area contributed by atoms with Gasteiger partial charge < -0.3 is 19.8 Å². The van der Waals surface area contributed by atoms with E-state index in [9.17, 15) is 4.79 Å². The normalized spacial score (nSPS) is 11.9. The van der Waals surface area contributed by atoms with Crippen LogP contribution in [-0.4, -0.2) is 24.5 Å². The van der Waals surface area contributed by atoms with Gasteiger partial charge in [-0.05, 0) is 48.7 Å². The minimum absolute atomic E-state index is 0.0599. The molecule has 1 heterocycles. The van der Waals surface area contributed by atoms with Crippen LogP contribution in [-0.2, 0) is 6.54 Å². The first-order chi connectivity index (χ1) is 13.6. The monoisotopic (exact) mass is 378 g/mol. The Kier molecular flexibility index (Phi) is 6.16. The number of ether oxygens (including phenoxy) is 1. The number of hydrogen-bond acceptors (Lipinski definition) is 4. The van der Waals surface area contributed by atoms with Crippen molar-refractivity contribution in [3.8, 4) is 16.9 Å². The van der Waals surface area contributed by atoms with E-state index in [2.05, 4.69) is 30.3 Å². The van der Waals surface area contributed by atoms with E-state index in [1.54, 1.807) is 13.2 Å². The zero-order valence-electron chi connectivity index (χ0n) is 16.5. The number of methoxy groups -OCH3 is 1. The maximum absolute atomic E-state index is 12.9. The van der Waals surface area contributed by atoms with Crippen molar-refractivity contribution < 1.29 is 13.9 Å². The molecule has 0 fully saturated rings. The van der Waals surface area contributed by atoms with Gasteiger partial charge in [-0.3, -0.25) is 4.79 Å². The van der Waals surface area contributed by atoms with Crippen molar-refractivity contribution >= 4 is 5.91 Å². The molecule has 0 saturated carbocycles. The Bertz CT molecular complexity index is 931. The molecule has 2 aromatic carbocycles. The van der Waals surface area contributed by atoms with Gasteiger partial charge in [-0.15, -0.1) is 0 Å². The molecule has 0 spiro atoms. The minimum atomic E-state index is -0.0620. The summed E-state index contributed by atoms with van der Waals surface area (Å²) in [6, 6.07) is 17.9. The Labute approximate surface area is 165 Å². The molecule has 3 aromatic rings. The smallest absolute Gasteiger partial charge is 0.257 e. The average Bonchev–Trinajstić information content (AvgIpc) is 3.23. The predicted molar refractivity (Wildman–Crippen MR) is 110 cm³/mol. The van der Waals surface area contributed by atoms with Gasteiger partial charge in [0.1, 0.15) is 17.8 Å². The zero-order chi connectivity index (χ0) is 20.1. The second-order valence-corrected chi connectivity index (χ2v) is 6.63. The summed E-state index contributed by atoms with van der Waals surface area (Å²) >= 11 is 0. The Balaban J connectivity index is 1.80. The maximum atomic E-state index is 12.9. The summed E-state index contributed by atoms with van der Waals surface area (Å²) in [6.45, 7) is 4.89. The fourth-order valence-electron chi connectivity index (χ4n) is 3.30. The van der Waals surface area contributed by atoms with Crippen LogP contribution in [0.4, 0.5) is 0 Å². The molecule has 2 N–H and O–H groups in total. The highest BCUT2D eigenvalue weighted by Gasteiger charge is 2.22. The number of nitrogens with zero attached hydrogens (tertiary/aromatic N) is 1. The zero-order valence-corrected chi connectivity index (χ0v) is 16.5. The fourth-order valence-corrected chi connectivity index (χ4v) is 3.30. The van der Waals surface area contributed by atoms with Crippen LogP contribution in [0, 0.1) is 0 Å². The standard InChI is InChI=1S/C23H26N2O3/c1-4-25(23(26)20-13-22(14-24)28-15-20)16(2)17-8-10-18(11-9-17)19-6-5-7-21(12-19)27-3/h5-13,15-16H,4,14,24H2,1-3H3. The van der Waals surface area contributed by atoms with Crippen LogP contribution in [0.5, 0.6) is 5.75 Å². The quantitative estimate of drug-likeness (QED) is 0.650. The number of amides is 1. The Hall–Kier alpha value is -3.05. The van der Waals surface area contributed by atoms with Crippen LogP contribution in [0.1, 0.15) is 41.6 Å². The van der Waals surface area contributed by atoms with Gasteiger partial charge in [0.05, 0.1) is 25.3 Å². The van der Waals surface area contributed by atoms with Crippen molar-refractivity contribution in [2.45, 2.75) is 26.4 Å². The molecule has 146 valence electrons. The number of benzene rings is 2. The molecule has 0 aliphatic carbocycles. The molecule has 28 heavy (non-hydrogen) atoms. The van der Waals surface area contributed by atoms with Crippen LogP contribution < -0.4 is 10.5 Å². The van der Waals surface area contributed by atoms with E-state index in [0.29, 0.717) is 17.9 Å². The molecule has 1 atom stereocenters. The van der Waals surface area contributed by atoms with Gasteiger partial charge in [0.25, 0.3) is 5.91 Å². The fraction of sp³-hybridized carbons (Fsp3) is 0.261. The number of furan rings is 1. The number of carbonyl (C=O) groups is 1. The van der Waals surface area contributed by atoms with E-state index in [4.69, 9.17) is 14.9 Å². The van der Waals surface area contributed by atoms with E-state index < -0.39 is 0 Å². The third-order valence-electron chi connectivity index (χ3n) is 4.97. The lowest BCUT2D eigenvalue weighted by molar-refractivity contribution is 0.0701. The summed E-state index contributed by atoms with van der Waals surface area (Å²) in [7, 11) is 1.66. The van der Waals surface area contributed by atoms with Gasteiger partial charge in [0, 0.05) is 6.54 Å². The van der Waals surface area contributed by atoms with Crippen LogP contribution in [0.3, 0.4) is 0 Å². The second-order valence-electron chi connectivity index (χ2n) is 6.63. The summed E-state index contributed by atoms with van der Waals surface area (Å²) in [5, 5.41) is 0. The molecule has 5 heteroatoms. The topological polar surface area (TPSA) is 68.7 Å². The van der Waals surface area contributed by atoms with Crippen molar-refractivity contribution in [1.29, 1.82) is 0 Å².